The number of anilines is 1. The molecule has 10 nitrogen and oxygen atoms in total. The number of fused-ring (bicyclic) bond motifs is 1. The number of nitrogens with zero attached hydrogens (tertiary/aromatic N) is 3. The van der Waals surface area contributed by atoms with E-state index in [0.29, 0.717) is 48.4 Å². The molecule has 1 aliphatic rings. The van der Waals surface area contributed by atoms with Gasteiger partial charge in [-0.15, -0.1) is 0 Å². The van der Waals surface area contributed by atoms with Crippen molar-refractivity contribution in [1.29, 1.82) is 0 Å². The summed E-state index contributed by atoms with van der Waals surface area (Å²) < 4.78 is 12.9. The molecule has 0 fully saturated rings. The van der Waals surface area contributed by atoms with Crippen molar-refractivity contribution in [2.75, 3.05) is 12.4 Å². The van der Waals surface area contributed by atoms with Crippen molar-refractivity contribution in [3.05, 3.63) is 142 Å². The van der Waals surface area contributed by atoms with E-state index in [1.54, 1.807) is 73.7 Å². The largest absolute Gasteiger partial charge is 0.497 e. The molecule has 3 aromatic carbocycles. The van der Waals surface area contributed by atoms with Gasteiger partial charge in [-0.1, -0.05) is 53.3 Å². The summed E-state index contributed by atoms with van der Waals surface area (Å²) in [7, 11) is 1.43. The van der Waals surface area contributed by atoms with Gasteiger partial charge in [-0.05, 0) is 61.0 Å². The van der Waals surface area contributed by atoms with Crippen LogP contribution in [0.2, 0.25) is 5.02 Å². The average Bonchev–Trinajstić information content (AvgIpc) is 3.60. The number of amides is 1. The summed E-state index contributed by atoms with van der Waals surface area (Å²) in [6.45, 7) is 1.74. The number of hydrogen-bond donors (Lipinski definition) is 1. The Morgan fingerprint density at radius 2 is 1.86 bits per heavy atom. The summed E-state index contributed by atoms with van der Waals surface area (Å²) >= 11 is 7.31. The van der Waals surface area contributed by atoms with E-state index in [1.807, 2.05) is 18.2 Å². The van der Waals surface area contributed by atoms with Gasteiger partial charge in [0.2, 0.25) is 0 Å². The number of nitrogens with one attached hydrogen (secondary N) is 1. The van der Waals surface area contributed by atoms with Gasteiger partial charge in [-0.3, -0.25) is 24.3 Å². The van der Waals surface area contributed by atoms with Crippen molar-refractivity contribution < 1.29 is 18.9 Å². The number of nitro groups is 1. The number of carbonyl (C=O) groups is 1. The van der Waals surface area contributed by atoms with E-state index >= 15 is 0 Å². The maximum Gasteiger partial charge on any atom is 0.284 e. The minimum atomic E-state index is -0.775. The molecular weight excluding hydrogens is 604 g/mol. The van der Waals surface area contributed by atoms with Gasteiger partial charge in [-0.2, -0.15) is 0 Å². The maximum absolute atomic E-state index is 13.9. The Labute approximate surface area is 259 Å². The highest BCUT2D eigenvalue weighted by Crippen LogP contribution is 2.35. The van der Waals surface area contributed by atoms with Gasteiger partial charge in [0.1, 0.15) is 17.3 Å². The molecule has 220 valence electrons. The lowest BCUT2D eigenvalue weighted by Crippen LogP contribution is -2.40. The Balaban J connectivity index is 1.44. The zero-order chi connectivity index (χ0) is 31.0. The summed E-state index contributed by atoms with van der Waals surface area (Å²) in [5, 5.41) is 15.1. The van der Waals surface area contributed by atoms with Crippen molar-refractivity contribution in [3.63, 3.8) is 0 Å². The Morgan fingerprint density at radius 3 is 2.57 bits per heavy atom. The van der Waals surface area contributed by atoms with Crippen LogP contribution >= 0.6 is 22.9 Å². The molecule has 44 heavy (non-hydrogen) atoms. The molecule has 0 spiro atoms. The molecule has 1 aliphatic heterocycles. The van der Waals surface area contributed by atoms with E-state index in [-0.39, 0.29) is 28.5 Å². The number of thiazole rings is 1. The average molecular weight is 627 g/mol. The molecule has 12 heteroatoms. The predicted molar refractivity (Wildman–Crippen MR) is 168 cm³/mol. The first-order valence-corrected chi connectivity index (χ1v) is 14.5. The number of benzene rings is 3. The zero-order valence-corrected chi connectivity index (χ0v) is 24.9. The third kappa shape index (κ3) is 5.46. The number of aromatic nitrogens is 1. The van der Waals surface area contributed by atoms with Crippen LogP contribution in [0.4, 0.5) is 11.4 Å². The van der Waals surface area contributed by atoms with Gasteiger partial charge in [0.25, 0.3) is 17.2 Å². The number of carbonyl (C=O) groups excluding carboxylic acids is 1. The number of rotatable bonds is 7. The Bertz CT molecular complexity index is 2130. The molecule has 0 saturated carbocycles. The summed E-state index contributed by atoms with van der Waals surface area (Å²) in [6, 6.07) is 22.9. The molecule has 0 aliphatic carbocycles. The molecule has 0 bridgehead atoms. The number of para-hydroxylation sites is 1. The number of methoxy groups -OCH3 is 1. The molecule has 1 N–H and O–H groups in total. The fourth-order valence-corrected chi connectivity index (χ4v) is 6.15. The van der Waals surface area contributed by atoms with Crippen LogP contribution in [0.1, 0.15) is 24.3 Å². The summed E-state index contributed by atoms with van der Waals surface area (Å²) in [6.07, 6.45) is 1.56. The lowest BCUT2D eigenvalue weighted by Gasteiger charge is -2.25. The van der Waals surface area contributed by atoms with Crippen LogP contribution in [0.25, 0.3) is 17.4 Å². The third-order valence-electron chi connectivity index (χ3n) is 7.05. The third-order valence-corrected chi connectivity index (χ3v) is 8.29. The van der Waals surface area contributed by atoms with Gasteiger partial charge in [0.05, 0.1) is 45.5 Å². The van der Waals surface area contributed by atoms with Crippen molar-refractivity contribution >= 4 is 46.3 Å². The van der Waals surface area contributed by atoms with Crippen molar-refractivity contribution in [1.82, 2.24) is 4.57 Å². The van der Waals surface area contributed by atoms with Gasteiger partial charge in [-0.25, -0.2) is 4.99 Å². The summed E-state index contributed by atoms with van der Waals surface area (Å²) in [5.74, 6) is 0.531. The van der Waals surface area contributed by atoms with Gasteiger partial charge in [0, 0.05) is 16.8 Å². The summed E-state index contributed by atoms with van der Waals surface area (Å²) in [4.78, 5) is 43.8. The predicted octanol–water partition coefficient (Wildman–Crippen LogP) is 5.70. The summed E-state index contributed by atoms with van der Waals surface area (Å²) in [5.41, 5.74) is 1.80. The Hall–Kier alpha value is -5.26. The maximum atomic E-state index is 13.9. The van der Waals surface area contributed by atoms with Gasteiger partial charge >= 0.3 is 0 Å². The second-order valence-corrected chi connectivity index (χ2v) is 11.2. The first-order valence-electron chi connectivity index (χ1n) is 13.3. The molecule has 6 rings (SSSR count). The highest BCUT2D eigenvalue weighted by molar-refractivity contribution is 7.07. The molecule has 1 unspecified atom stereocenters. The Kier molecular flexibility index (Phi) is 7.73. The molecule has 0 saturated heterocycles. The number of hydrogen-bond acceptors (Lipinski definition) is 8. The van der Waals surface area contributed by atoms with Crippen LogP contribution < -0.4 is 24.9 Å². The number of ether oxygens (including phenoxy) is 1. The van der Waals surface area contributed by atoms with Gasteiger partial charge in [0.15, 0.2) is 4.80 Å². The smallest absolute Gasteiger partial charge is 0.284 e. The first kappa shape index (κ1) is 28.8. The van der Waals surface area contributed by atoms with E-state index in [9.17, 15) is 19.7 Å². The standard InChI is InChI=1S/C32H23ClN4O6S/c1-18-28(30(38)35-21-6-4-3-5-7-21)29(19-8-10-20(33)11-9-19)36-31(39)27(44-32(36)34-18)17-23-13-15-26(43-23)24-14-12-22(42-2)16-25(24)37(40)41/h3-17,29H,1-2H3,(H,35,38). The van der Waals surface area contributed by atoms with E-state index < -0.39 is 11.0 Å². The van der Waals surface area contributed by atoms with Crippen LogP contribution in [-0.4, -0.2) is 22.5 Å². The Morgan fingerprint density at radius 1 is 1.11 bits per heavy atom. The monoisotopic (exact) mass is 626 g/mol. The van der Waals surface area contributed by atoms with Gasteiger partial charge < -0.3 is 14.5 Å². The van der Waals surface area contributed by atoms with Crippen molar-refractivity contribution in [2.45, 2.75) is 13.0 Å². The van der Waals surface area contributed by atoms with Crippen LogP contribution in [-0.2, 0) is 4.79 Å². The van der Waals surface area contributed by atoms with E-state index in [0.717, 1.165) is 11.3 Å². The molecule has 2 aromatic heterocycles. The fourth-order valence-electron chi connectivity index (χ4n) is 4.99. The molecule has 1 amide bonds. The number of nitro benzene ring substituents is 1. The molecule has 1 atom stereocenters. The van der Waals surface area contributed by atoms with E-state index in [4.69, 9.17) is 20.8 Å². The second kappa shape index (κ2) is 11.8. The van der Waals surface area contributed by atoms with Crippen LogP contribution in [0.3, 0.4) is 0 Å². The van der Waals surface area contributed by atoms with Crippen LogP contribution in [0.15, 0.2) is 110 Å². The molecule has 5 aromatic rings. The van der Waals surface area contributed by atoms with E-state index in [2.05, 4.69) is 10.3 Å². The molecule has 0 radical (unpaired) electrons. The van der Waals surface area contributed by atoms with Crippen LogP contribution in [0, 0.1) is 10.1 Å². The first-order chi connectivity index (χ1) is 21.2. The molecule has 3 heterocycles. The van der Waals surface area contributed by atoms with E-state index in [1.165, 1.54) is 17.7 Å². The number of halogens is 1. The highest BCUT2D eigenvalue weighted by Gasteiger charge is 2.32. The minimum absolute atomic E-state index is 0.177. The lowest BCUT2D eigenvalue weighted by atomic mass is 9.95. The number of furan rings is 1. The highest BCUT2D eigenvalue weighted by atomic mass is 35.5. The number of allylic oxidation sites excluding steroid dienone is 1. The zero-order valence-electron chi connectivity index (χ0n) is 23.3. The lowest BCUT2D eigenvalue weighted by molar-refractivity contribution is -0.384. The van der Waals surface area contributed by atoms with Crippen molar-refractivity contribution in [2.24, 2.45) is 4.99 Å². The minimum Gasteiger partial charge on any atom is -0.497 e. The second-order valence-electron chi connectivity index (χ2n) is 9.80. The van der Waals surface area contributed by atoms with Crippen molar-refractivity contribution in [3.8, 4) is 17.1 Å². The topological polar surface area (TPSA) is 129 Å². The molecular formula is C32H23ClN4O6S. The fraction of sp³-hybridized carbons (Fsp3) is 0.0938. The quantitative estimate of drug-likeness (QED) is 0.182. The van der Waals surface area contributed by atoms with Crippen LogP contribution in [0.5, 0.6) is 5.75 Å². The normalized spacial score (nSPS) is 14.6. The SMILES string of the molecule is COc1ccc(-c2ccc(C=c3sc4n(c3=O)C(c3ccc(Cl)cc3)C(C(=O)Nc3ccccc3)=C(C)N=4)o2)c([N+](=O)[O-])c1.